The van der Waals surface area contributed by atoms with Crippen LogP contribution in [0.3, 0.4) is 0 Å². The van der Waals surface area contributed by atoms with E-state index < -0.39 is 11.9 Å². The molecule has 110 valence electrons. The maximum Gasteiger partial charge on any atom is 0.260 e. The molecule has 20 heavy (non-hydrogen) atoms. The van der Waals surface area contributed by atoms with Crippen LogP contribution in [0.25, 0.3) is 0 Å². The van der Waals surface area contributed by atoms with E-state index in [1.165, 1.54) is 18.2 Å². The first-order valence-electron chi connectivity index (χ1n) is 6.35. The van der Waals surface area contributed by atoms with Crippen LogP contribution in [0.2, 0.25) is 0 Å². The molecule has 4 nitrogen and oxygen atoms in total. The van der Waals surface area contributed by atoms with Crippen LogP contribution in [0.15, 0.2) is 18.2 Å². The summed E-state index contributed by atoms with van der Waals surface area (Å²) >= 11 is 4.80. The van der Waals surface area contributed by atoms with Crippen molar-refractivity contribution in [3.8, 4) is 5.75 Å². The van der Waals surface area contributed by atoms with Gasteiger partial charge in [0.25, 0.3) is 5.91 Å². The van der Waals surface area contributed by atoms with Gasteiger partial charge in [0.1, 0.15) is 16.6 Å². The Bertz CT molecular complexity index is 506. The Morgan fingerprint density at radius 3 is 2.65 bits per heavy atom. The molecule has 1 amide bonds. The van der Waals surface area contributed by atoms with Crippen LogP contribution < -0.4 is 15.8 Å². The number of rotatable bonds is 6. The molecule has 6 heteroatoms. The first-order valence-corrected chi connectivity index (χ1v) is 6.76. The summed E-state index contributed by atoms with van der Waals surface area (Å²) in [5.41, 5.74) is 5.50. The van der Waals surface area contributed by atoms with Crippen LogP contribution >= 0.6 is 12.2 Å². The Balaban J connectivity index is 2.80. The Kier molecular flexibility index (Phi) is 5.88. The van der Waals surface area contributed by atoms with Crippen LogP contribution in [-0.2, 0) is 4.79 Å². The van der Waals surface area contributed by atoms with Crippen LogP contribution in [-0.4, -0.2) is 23.5 Å². The van der Waals surface area contributed by atoms with Crippen LogP contribution in [0.1, 0.15) is 26.3 Å². The van der Waals surface area contributed by atoms with Crippen molar-refractivity contribution in [3.05, 3.63) is 29.6 Å². The minimum Gasteiger partial charge on any atom is -0.480 e. The van der Waals surface area contributed by atoms with Gasteiger partial charge in [-0.1, -0.05) is 32.1 Å². The van der Waals surface area contributed by atoms with Gasteiger partial charge in [-0.3, -0.25) is 4.79 Å². The largest absolute Gasteiger partial charge is 0.480 e. The van der Waals surface area contributed by atoms with Crippen molar-refractivity contribution in [1.29, 1.82) is 0 Å². The Morgan fingerprint density at radius 2 is 2.10 bits per heavy atom. The summed E-state index contributed by atoms with van der Waals surface area (Å²) in [5, 5.41) is 2.74. The van der Waals surface area contributed by atoms with E-state index in [9.17, 15) is 9.18 Å². The Morgan fingerprint density at radius 1 is 1.45 bits per heavy atom. The van der Waals surface area contributed by atoms with Gasteiger partial charge >= 0.3 is 0 Å². The topological polar surface area (TPSA) is 64.3 Å². The zero-order valence-electron chi connectivity index (χ0n) is 11.8. The van der Waals surface area contributed by atoms with Crippen LogP contribution in [0.4, 0.5) is 4.39 Å². The number of nitrogens with two attached hydrogens (primary N) is 1. The number of amides is 1. The van der Waals surface area contributed by atoms with Crippen LogP contribution in [0, 0.1) is 11.7 Å². The Labute approximate surface area is 123 Å². The number of hydrogen-bond acceptors (Lipinski definition) is 3. The van der Waals surface area contributed by atoms with Gasteiger partial charge in [-0.2, -0.15) is 0 Å². The lowest BCUT2D eigenvalue weighted by Gasteiger charge is -2.17. The average molecular weight is 298 g/mol. The predicted octanol–water partition coefficient (Wildman–Crippen LogP) is 2.00. The van der Waals surface area contributed by atoms with Crippen molar-refractivity contribution in [2.75, 3.05) is 6.54 Å². The first kappa shape index (κ1) is 16.4. The lowest BCUT2D eigenvalue weighted by molar-refractivity contribution is -0.127. The number of carbonyl (C=O) groups is 1. The van der Waals surface area contributed by atoms with E-state index in [1.807, 2.05) is 13.8 Å². The molecule has 0 bridgehead atoms. The summed E-state index contributed by atoms with van der Waals surface area (Å²) in [4.78, 5) is 11.7. The van der Waals surface area contributed by atoms with E-state index >= 15 is 0 Å². The average Bonchev–Trinajstić information content (AvgIpc) is 2.35. The van der Waals surface area contributed by atoms with Crippen molar-refractivity contribution in [2.45, 2.75) is 26.9 Å². The maximum absolute atomic E-state index is 13.7. The highest BCUT2D eigenvalue weighted by Gasteiger charge is 2.19. The third-order valence-electron chi connectivity index (χ3n) is 2.58. The van der Waals surface area contributed by atoms with Gasteiger partial charge in [0.15, 0.2) is 6.10 Å². The molecule has 0 saturated heterocycles. The second kappa shape index (κ2) is 7.19. The van der Waals surface area contributed by atoms with E-state index in [-0.39, 0.29) is 22.2 Å². The van der Waals surface area contributed by atoms with E-state index in [1.54, 1.807) is 6.92 Å². The molecule has 0 radical (unpaired) electrons. The molecular weight excluding hydrogens is 279 g/mol. The molecule has 0 spiro atoms. The molecule has 1 atom stereocenters. The molecule has 1 aromatic carbocycles. The summed E-state index contributed by atoms with van der Waals surface area (Å²) in [7, 11) is 0. The van der Waals surface area contributed by atoms with Crippen LogP contribution in [0.5, 0.6) is 5.75 Å². The van der Waals surface area contributed by atoms with E-state index in [0.29, 0.717) is 12.5 Å². The highest BCUT2D eigenvalue weighted by molar-refractivity contribution is 7.80. The molecule has 0 aliphatic heterocycles. The molecule has 1 unspecified atom stereocenters. The highest BCUT2D eigenvalue weighted by Crippen LogP contribution is 2.22. The summed E-state index contributed by atoms with van der Waals surface area (Å²) in [6.45, 7) is 6.12. The standard InChI is InChI=1S/C14H19FN2O2S/c1-8(2)7-17-14(18)9(3)19-11-6-4-5-10(15)12(11)13(16)20/h4-6,8-9H,7H2,1-3H3,(H2,16,20)(H,17,18). The van der Waals surface area contributed by atoms with Gasteiger partial charge in [-0.15, -0.1) is 0 Å². The Hall–Kier alpha value is -1.69. The molecule has 3 N–H and O–H groups in total. The number of thiocarbonyl (C=S) groups is 1. The van der Waals surface area contributed by atoms with E-state index in [4.69, 9.17) is 22.7 Å². The fourth-order valence-electron chi connectivity index (χ4n) is 1.53. The minimum atomic E-state index is -0.761. The summed E-state index contributed by atoms with van der Waals surface area (Å²) in [6.07, 6.45) is -0.761. The second-order valence-electron chi connectivity index (χ2n) is 4.88. The lowest BCUT2D eigenvalue weighted by atomic mass is 10.2. The normalized spacial score (nSPS) is 12.1. The van der Waals surface area contributed by atoms with Crippen molar-refractivity contribution < 1.29 is 13.9 Å². The maximum atomic E-state index is 13.7. The molecule has 0 saturated carbocycles. The van der Waals surface area contributed by atoms with Gasteiger partial charge in [0, 0.05) is 6.54 Å². The summed E-state index contributed by atoms with van der Waals surface area (Å²) in [5.74, 6) is -0.321. The SMILES string of the molecule is CC(C)CNC(=O)C(C)Oc1cccc(F)c1C(N)=S. The molecule has 0 aliphatic carbocycles. The van der Waals surface area contributed by atoms with Crippen molar-refractivity contribution in [2.24, 2.45) is 11.7 Å². The quantitative estimate of drug-likeness (QED) is 0.789. The second-order valence-corrected chi connectivity index (χ2v) is 5.32. The first-order chi connectivity index (χ1) is 9.32. The lowest BCUT2D eigenvalue weighted by Crippen LogP contribution is -2.38. The zero-order chi connectivity index (χ0) is 15.3. The number of halogens is 1. The summed E-state index contributed by atoms with van der Waals surface area (Å²) < 4.78 is 19.1. The number of benzene rings is 1. The van der Waals surface area contributed by atoms with Gasteiger partial charge in [0.05, 0.1) is 5.56 Å². The number of carbonyl (C=O) groups excluding carboxylic acids is 1. The number of ether oxygens (including phenoxy) is 1. The van der Waals surface area contributed by atoms with Gasteiger partial charge in [0.2, 0.25) is 0 Å². The van der Waals surface area contributed by atoms with Gasteiger partial charge in [-0.05, 0) is 25.0 Å². The summed E-state index contributed by atoms with van der Waals surface area (Å²) in [6, 6.07) is 4.25. The van der Waals surface area contributed by atoms with E-state index in [2.05, 4.69) is 5.32 Å². The molecule has 0 heterocycles. The number of hydrogen-bond donors (Lipinski definition) is 2. The zero-order valence-corrected chi connectivity index (χ0v) is 12.6. The molecule has 0 fully saturated rings. The van der Waals surface area contributed by atoms with Crippen molar-refractivity contribution in [1.82, 2.24) is 5.32 Å². The third-order valence-corrected chi connectivity index (χ3v) is 2.78. The predicted molar refractivity (Wildman–Crippen MR) is 80.2 cm³/mol. The molecule has 1 aromatic rings. The number of nitrogens with one attached hydrogen (secondary N) is 1. The highest BCUT2D eigenvalue weighted by atomic mass is 32.1. The van der Waals surface area contributed by atoms with Gasteiger partial charge < -0.3 is 15.8 Å². The monoisotopic (exact) mass is 298 g/mol. The minimum absolute atomic E-state index is 0.0195. The molecule has 0 aliphatic rings. The fraction of sp³-hybridized carbons (Fsp3) is 0.429. The van der Waals surface area contributed by atoms with Gasteiger partial charge in [-0.25, -0.2) is 4.39 Å². The molecule has 0 aromatic heterocycles. The smallest absolute Gasteiger partial charge is 0.260 e. The molecular formula is C14H19FN2O2S. The fourth-order valence-corrected chi connectivity index (χ4v) is 1.73. The van der Waals surface area contributed by atoms with Crippen molar-refractivity contribution >= 4 is 23.1 Å². The van der Waals surface area contributed by atoms with E-state index in [0.717, 1.165) is 0 Å². The van der Waals surface area contributed by atoms with Crippen molar-refractivity contribution in [3.63, 3.8) is 0 Å². The third kappa shape index (κ3) is 4.45. The molecule has 1 rings (SSSR count).